The Morgan fingerprint density at radius 1 is 1.19 bits per heavy atom. The number of nitrogens with zero attached hydrogens (tertiary/aromatic N) is 1. The van der Waals surface area contributed by atoms with E-state index in [1.54, 1.807) is 12.1 Å². The number of rotatable bonds is 6. The summed E-state index contributed by atoms with van der Waals surface area (Å²) in [5, 5.41) is 9.12. The summed E-state index contributed by atoms with van der Waals surface area (Å²) in [4.78, 5) is 3.88. The molecule has 21 heavy (non-hydrogen) atoms. The van der Waals surface area contributed by atoms with Gasteiger partial charge in [-0.05, 0) is 37.0 Å². The topological polar surface area (TPSA) is 51.6 Å². The van der Waals surface area contributed by atoms with Crippen molar-refractivity contribution < 1.29 is 19.0 Å². The minimum Gasteiger partial charge on any atom is -0.506 e. The third-order valence-corrected chi connectivity index (χ3v) is 3.30. The molecule has 3 rings (SSSR count). The molecule has 5 heteroatoms. The van der Waals surface area contributed by atoms with Crippen molar-refractivity contribution in [3.05, 3.63) is 47.9 Å². The van der Waals surface area contributed by atoms with Gasteiger partial charge in [-0.3, -0.25) is 0 Å². The molecule has 0 amide bonds. The van der Waals surface area contributed by atoms with Crippen LogP contribution in [0.2, 0.25) is 0 Å². The van der Waals surface area contributed by atoms with Gasteiger partial charge in [0.2, 0.25) is 5.88 Å². The molecule has 110 valence electrons. The monoisotopic (exact) mass is 289 g/mol. The lowest BCUT2D eigenvalue weighted by atomic mass is 10.2. The van der Waals surface area contributed by atoms with E-state index in [0.29, 0.717) is 29.7 Å². The Hall–Kier alpha value is -2.30. The number of benzene rings is 1. The first-order valence-electron chi connectivity index (χ1n) is 6.90. The van der Waals surface area contributed by atoms with Crippen LogP contribution >= 0.6 is 0 Å². The Bertz CT molecular complexity index is 611. The van der Waals surface area contributed by atoms with E-state index in [2.05, 4.69) is 4.98 Å². The first kappa shape index (κ1) is 13.7. The zero-order valence-corrected chi connectivity index (χ0v) is 11.5. The van der Waals surface area contributed by atoms with Gasteiger partial charge < -0.3 is 14.6 Å². The van der Waals surface area contributed by atoms with Gasteiger partial charge in [-0.25, -0.2) is 9.37 Å². The number of ether oxygens (including phenoxy) is 2. The predicted molar refractivity (Wildman–Crippen MR) is 74.9 cm³/mol. The first-order chi connectivity index (χ1) is 10.2. The molecule has 1 aliphatic carbocycles. The van der Waals surface area contributed by atoms with Crippen molar-refractivity contribution in [2.24, 2.45) is 5.92 Å². The van der Waals surface area contributed by atoms with Crippen molar-refractivity contribution in [2.75, 3.05) is 6.61 Å². The molecule has 4 nitrogen and oxygen atoms in total. The predicted octanol–water partition coefficient (Wildman–Crippen LogP) is 3.29. The Labute approximate surface area is 122 Å². The van der Waals surface area contributed by atoms with Crippen molar-refractivity contribution in [1.29, 1.82) is 0 Å². The fourth-order valence-corrected chi connectivity index (χ4v) is 1.84. The van der Waals surface area contributed by atoms with E-state index >= 15 is 0 Å². The molecule has 1 aromatic heterocycles. The highest BCUT2D eigenvalue weighted by molar-refractivity contribution is 5.29. The smallest absolute Gasteiger partial charge is 0.213 e. The summed E-state index contributed by atoms with van der Waals surface area (Å²) < 4.78 is 24.8. The lowest BCUT2D eigenvalue weighted by Gasteiger charge is -2.09. The summed E-state index contributed by atoms with van der Waals surface area (Å²) in [5.74, 6) is 1.22. The average molecular weight is 289 g/mol. The van der Waals surface area contributed by atoms with Gasteiger partial charge in [0.25, 0.3) is 0 Å². The normalized spacial score (nSPS) is 14.0. The van der Waals surface area contributed by atoms with Gasteiger partial charge in [-0.1, -0.05) is 0 Å². The highest BCUT2D eigenvalue weighted by Gasteiger charge is 2.22. The largest absolute Gasteiger partial charge is 0.506 e. The number of hydrogen-bond donors (Lipinski definition) is 1. The van der Waals surface area contributed by atoms with Crippen LogP contribution in [0.4, 0.5) is 4.39 Å². The molecule has 0 radical (unpaired) electrons. The molecule has 1 fully saturated rings. The molecule has 0 atom stereocenters. The van der Waals surface area contributed by atoms with E-state index in [1.807, 2.05) is 0 Å². The van der Waals surface area contributed by atoms with Crippen molar-refractivity contribution in [3.8, 4) is 17.4 Å². The lowest BCUT2D eigenvalue weighted by Crippen LogP contribution is -2.02. The minimum absolute atomic E-state index is 0.0608. The fourth-order valence-electron chi connectivity index (χ4n) is 1.84. The van der Waals surface area contributed by atoms with Crippen molar-refractivity contribution in [2.45, 2.75) is 19.4 Å². The van der Waals surface area contributed by atoms with Gasteiger partial charge in [0.15, 0.2) is 0 Å². The minimum atomic E-state index is -0.359. The Morgan fingerprint density at radius 3 is 2.71 bits per heavy atom. The number of pyridine rings is 1. The van der Waals surface area contributed by atoms with Crippen LogP contribution in [0.25, 0.3) is 0 Å². The fraction of sp³-hybridized carbons (Fsp3) is 0.312. The maximum Gasteiger partial charge on any atom is 0.213 e. The van der Waals surface area contributed by atoms with Gasteiger partial charge in [0.05, 0.1) is 12.8 Å². The van der Waals surface area contributed by atoms with Crippen LogP contribution in [-0.2, 0) is 6.61 Å². The quantitative estimate of drug-likeness (QED) is 0.886. The second-order valence-corrected chi connectivity index (χ2v) is 5.15. The van der Waals surface area contributed by atoms with Crippen LogP contribution in [0.15, 0.2) is 36.5 Å². The molecule has 0 aliphatic heterocycles. The van der Waals surface area contributed by atoms with Crippen molar-refractivity contribution in [3.63, 3.8) is 0 Å². The van der Waals surface area contributed by atoms with E-state index < -0.39 is 0 Å². The summed E-state index contributed by atoms with van der Waals surface area (Å²) in [6, 6.07) is 7.77. The molecule has 1 aliphatic rings. The molecule has 0 spiro atoms. The summed E-state index contributed by atoms with van der Waals surface area (Å²) in [5.41, 5.74) is 0.434. The SMILES string of the molecule is Oc1ccc(OCc2ccc(OCC3CC3)cc2F)nc1. The zero-order valence-electron chi connectivity index (χ0n) is 11.5. The van der Waals surface area contributed by atoms with Crippen molar-refractivity contribution in [1.82, 2.24) is 4.98 Å². The summed E-state index contributed by atoms with van der Waals surface area (Å²) in [7, 11) is 0. The number of hydrogen-bond acceptors (Lipinski definition) is 4. The first-order valence-corrected chi connectivity index (χ1v) is 6.90. The van der Waals surface area contributed by atoms with E-state index in [4.69, 9.17) is 14.6 Å². The second kappa shape index (κ2) is 5.99. The third kappa shape index (κ3) is 3.84. The van der Waals surface area contributed by atoms with Crippen LogP contribution in [0, 0.1) is 11.7 Å². The summed E-state index contributed by atoms with van der Waals surface area (Å²) in [6.07, 6.45) is 3.68. The zero-order chi connectivity index (χ0) is 14.7. The number of halogens is 1. The molecule has 0 saturated heterocycles. The molecule has 1 N–H and O–H groups in total. The maximum atomic E-state index is 13.9. The number of aromatic hydroxyl groups is 1. The summed E-state index contributed by atoms with van der Waals surface area (Å²) in [6.45, 7) is 0.735. The third-order valence-electron chi connectivity index (χ3n) is 3.30. The Morgan fingerprint density at radius 2 is 2.05 bits per heavy atom. The maximum absolute atomic E-state index is 13.9. The second-order valence-electron chi connectivity index (χ2n) is 5.15. The molecule has 2 aromatic rings. The molecular formula is C16H16FNO3. The van der Waals surface area contributed by atoms with Crippen molar-refractivity contribution >= 4 is 0 Å². The van der Waals surface area contributed by atoms with Gasteiger partial charge >= 0.3 is 0 Å². The lowest BCUT2D eigenvalue weighted by molar-refractivity contribution is 0.283. The van der Waals surface area contributed by atoms with Crippen LogP contribution in [0.3, 0.4) is 0 Å². The summed E-state index contributed by atoms with van der Waals surface area (Å²) >= 11 is 0. The Kier molecular flexibility index (Phi) is 3.90. The van der Waals surface area contributed by atoms with E-state index in [1.165, 1.54) is 37.2 Å². The van der Waals surface area contributed by atoms with Gasteiger partial charge in [-0.15, -0.1) is 0 Å². The molecule has 1 aromatic carbocycles. The highest BCUT2D eigenvalue weighted by atomic mass is 19.1. The molecular weight excluding hydrogens is 273 g/mol. The van der Waals surface area contributed by atoms with Gasteiger partial charge in [-0.2, -0.15) is 0 Å². The number of aromatic nitrogens is 1. The van der Waals surface area contributed by atoms with Crippen LogP contribution in [0.5, 0.6) is 17.4 Å². The Balaban J connectivity index is 1.58. The van der Waals surface area contributed by atoms with Crippen LogP contribution in [0.1, 0.15) is 18.4 Å². The molecule has 0 unspecified atom stereocenters. The van der Waals surface area contributed by atoms with Gasteiger partial charge in [0.1, 0.15) is 23.9 Å². The molecule has 1 saturated carbocycles. The standard InChI is InChI=1S/C16H16FNO3/c17-15-7-14(20-9-11-1-2-11)5-3-12(15)10-21-16-6-4-13(19)8-18-16/h3-8,11,19H,1-2,9-10H2. The highest BCUT2D eigenvalue weighted by Crippen LogP contribution is 2.30. The van der Waals surface area contributed by atoms with E-state index in [-0.39, 0.29) is 18.2 Å². The van der Waals surface area contributed by atoms with E-state index in [0.717, 1.165) is 0 Å². The molecule has 1 heterocycles. The van der Waals surface area contributed by atoms with Gasteiger partial charge in [0, 0.05) is 17.7 Å². The van der Waals surface area contributed by atoms with E-state index in [9.17, 15) is 4.39 Å². The average Bonchev–Trinajstić information content (AvgIpc) is 3.30. The van der Waals surface area contributed by atoms with Crippen LogP contribution < -0.4 is 9.47 Å². The molecule has 0 bridgehead atoms. The van der Waals surface area contributed by atoms with Crippen LogP contribution in [-0.4, -0.2) is 16.7 Å².